The molecule has 9 nitrogen and oxygen atoms in total. The third kappa shape index (κ3) is 7.45. The zero-order valence-electron chi connectivity index (χ0n) is 12.9. The standard InChI is InChI=1S/C12H33N9/c13-10(14)2-7-19-5-1-6-20(8-3-11(15)16)21(19)9-4-12(17)18/h10-12H,1-9,13-18H2. The normalized spacial score (nSPS) is 19.3. The topological polar surface area (TPSA) is 166 Å². The van der Waals surface area contributed by atoms with Gasteiger partial charge in [-0.2, -0.15) is 5.12 Å². The molecule has 0 aromatic heterocycles. The van der Waals surface area contributed by atoms with E-state index >= 15 is 0 Å². The van der Waals surface area contributed by atoms with Gasteiger partial charge in [0.1, 0.15) is 0 Å². The molecule has 0 radical (unpaired) electrons. The molecule has 1 aliphatic heterocycles. The molecule has 1 rings (SSSR count). The zero-order valence-corrected chi connectivity index (χ0v) is 12.9. The highest BCUT2D eigenvalue weighted by Crippen LogP contribution is 2.15. The number of nitrogens with zero attached hydrogens (tertiary/aromatic N) is 3. The Hall–Kier alpha value is -0.360. The van der Waals surface area contributed by atoms with E-state index in [1.165, 1.54) is 0 Å². The SMILES string of the molecule is NC(N)CCN1CCCN(CCC(N)N)N1CCC(N)N. The van der Waals surface area contributed by atoms with Crippen molar-refractivity contribution in [3.63, 3.8) is 0 Å². The van der Waals surface area contributed by atoms with Gasteiger partial charge in [-0.3, -0.25) is 0 Å². The first-order valence-electron chi connectivity index (χ1n) is 7.71. The fourth-order valence-electron chi connectivity index (χ4n) is 2.44. The van der Waals surface area contributed by atoms with Crippen molar-refractivity contribution in [2.75, 3.05) is 32.7 Å². The Morgan fingerprint density at radius 1 is 0.619 bits per heavy atom. The van der Waals surface area contributed by atoms with Gasteiger partial charge >= 0.3 is 0 Å². The zero-order chi connectivity index (χ0) is 15.8. The van der Waals surface area contributed by atoms with Crippen LogP contribution >= 0.6 is 0 Å². The Morgan fingerprint density at radius 3 is 1.38 bits per heavy atom. The van der Waals surface area contributed by atoms with E-state index in [1.54, 1.807) is 0 Å². The molecule has 9 heteroatoms. The molecule has 1 saturated heterocycles. The van der Waals surface area contributed by atoms with Crippen LogP contribution in [-0.4, -0.2) is 66.4 Å². The van der Waals surface area contributed by atoms with Crippen LogP contribution in [0.25, 0.3) is 0 Å². The molecule has 0 spiro atoms. The number of nitrogens with two attached hydrogens (primary N) is 6. The first-order chi connectivity index (χ1) is 9.90. The maximum absolute atomic E-state index is 5.68. The van der Waals surface area contributed by atoms with Gasteiger partial charge in [0, 0.05) is 32.7 Å². The van der Waals surface area contributed by atoms with Gasteiger partial charge in [0.25, 0.3) is 0 Å². The largest absolute Gasteiger partial charge is 0.316 e. The lowest BCUT2D eigenvalue weighted by Crippen LogP contribution is -2.60. The molecular weight excluding hydrogens is 270 g/mol. The van der Waals surface area contributed by atoms with Gasteiger partial charge in [-0.25, -0.2) is 10.0 Å². The highest BCUT2D eigenvalue weighted by Gasteiger charge is 2.26. The Morgan fingerprint density at radius 2 is 1.00 bits per heavy atom. The summed E-state index contributed by atoms with van der Waals surface area (Å²) in [5, 5.41) is 6.74. The summed E-state index contributed by atoms with van der Waals surface area (Å²) in [5.41, 5.74) is 34.0. The Bertz CT molecular complexity index is 251. The second-order valence-corrected chi connectivity index (χ2v) is 5.71. The van der Waals surface area contributed by atoms with E-state index in [0.29, 0.717) is 0 Å². The fraction of sp³-hybridized carbons (Fsp3) is 1.00. The molecular formula is C12H33N9. The Balaban J connectivity index is 2.60. The van der Waals surface area contributed by atoms with E-state index in [4.69, 9.17) is 34.4 Å². The van der Waals surface area contributed by atoms with Crippen molar-refractivity contribution in [1.29, 1.82) is 0 Å². The van der Waals surface area contributed by atoms with Crippen LogP contribution in [0.2, 0.25) is 0 Å². The van der Waals surface area contributed by atoms with Gasteiger partial charge in [-0.15, -0.1) is 0 Å². The molecule has 1 aliphatic rings. The lowest BCUT2D eigenvalue weighted by atomic mass is 10.2. The lowest BCUT2D eigenvalue weighted by Gasteiger charge is -2.47. The maximum atomic E-state index is 5.68. The molecule has 0 aromatic carbocycles. The molecule has 0 amide bonds. The van der Waals surface area contributed by atoms with Gasteiger partial charge in [0.05, 0.1) is 18.5 Å². The van der Waals surface area contributed by atoms with E-state index < -0.39 is 0 Å². The first-order valence-corrected chi connectivity index (χ1v) is 7.71. The minimum atomic E-state index is -0.316. The smallest absolute Gasteiger partial charge is 0.0534 e. The third-order valence-corrected chi connectivity index (χ3v) is 3.59. The van der Waals surface area contributed by atoms with Crippen LogP contribution in [-0.2, 0) is 0 Å². The van der Waals surface area contributed by atoms with Crippen molar-refractivity contribution in [3.8, 4) is 0 Å². The van der Waals surface area contributed by atoms with Gasteiger partial charge in [0.2, 0.25) is 0 Å². The Labute approximate surface area is 127 Å². The average molecular weight is 303 g/mol. The van der Waals surface area contributed by atoms with E-state index in [-0.39, 0.29) is 18.5 Å². The molecule has 0 aromatic rings. The van der Waals surface area contributed by atoms with Gasteiger partial charge in [-0.1, -0.05) is 0 Å². The summed E-state index contributed by atoms with van der Waals surface area (Å²) in [6.45, 7) is 4.39. The number of hydrazine groups is 2. The third-order valence-electron chi connectivity index (χ3n) is 3.59. The number of hydrogen-bond acceptors (Lipinski definition) is 9. The van der Waals surface area contributed by atoms with Crippen LogP contribution in [0.1, 0.15) is 25.7 Å². The molecule has 12 N–H and O–H groups in total. The van der Waals surface area contributed by atoms with Crippen molar-refractivity contribution in [2.45, 2.75) is 44.2 Å². The summed E-state index contributed by atoms with van der Waals surface area (Å²) >= 11 is 0. The highest BCUT2D eigenvalue weighted by molar-refractivity contribution is 4.70. The van der Waals surface area contributed by atoms with Crippen LogP contribution in [0.4, 0.5) is 0 Å². The van der Waals surface area contributed by atoms with Gasteiger partial charge < -0.3 is 34.4 Å². The monoisotopic (exact) mass is 303 g/mol. The van der Waals surface area contributed by atoms with Crippen molar-refractivity contribution in [3.05, 3.63) is 0 Å². The number of rotatable bonds is 9. The molecule has 0 atom stereocenters. The summed E-state index contributed by atoms with van der Waals surface area (Å²) in [7, 11) is 0. The fourth-order valence-corrected chi connectivity index (χ4v) is 2.44. The lowest BCUT2D eigenvalue weighted by molar-refractivity contribution is -0.212. The molecule has 21 heavy (non-hydrogen) atoms. The predicted octanol–water partition coefficient (Wildman–Crippen LogP) is -2.97. The second kappa shape index (κ2) is 9.62. The minimum Gasteiger partial charge on any atom is -0.316 e. The summed E-state index contributed by atoms with van der Waals surface area (Å²) in [4.78, 5) is 0. The molecule has 0 bridgehead atoms. The average Bonchev–Trinajstić information content (AvgIpc) is 2.40. The van der Waals surface area contributed by atoms with Crippen LogP contribution in [0, 0.1) is 0 Å². The molecule has 0 unspecified atom stereocenters. The van der Waals surface area contributed by atoms with Crippen molar-refractivity contribution in [2.24, 2.45) is 34.4 Å². The Kier molecular flexibility index (Phi) is 8.56. The van der Waals surface area contributed by atoms with E-state index in [9.17, 15) is 0 Å². The van der Waals surface area contributed by atoms with Crippen LogP contribution in [0.3, 0.4) is 0 Å². The van der Waals surface area contributed by atoms with Crippen molar-refractivity contribution < 1.29 is 0 Å². The van der Waals surface area contributed by atoms with Gasteiger partial charge in [0.15, 0.2) is 0 Å². The molecule has 0 saturated carbocycles. The minimum absolute atomic E-state index is 0.295. The van der Waals surface area contributed by atoms with E-state index in [1.807, 2.05) is 0 Å². The quantitative estimate of drug-likeness (QED) is 0.244. The summed E-state index contributed by atoms with van der Waals surface area (Å²) in [6, 6.07) is 0. The maximum Gasteiger partial charge on any atom is 0.0534 e. The first kappa shape index (κ1) is 18.7. The van der Waals surface area contributed by atoms with Crippen molar-refractivity contribution in [1.82, 2.24) is 15.1 Å². The summed E-state index contributed by atoms with van der Waals surface area (Å²) < 4.78 is 0. The van der Waals surface area contributed by atoms with Gasteiger partial charge in [-0.05, 0) is 25.7 Å². The van der Waals surface area contributed by atoms with Crippen LogP contribution < -0.4 is 34.4 Å². The highest BCUT2D eigenvalue weighted by atomic mass is 15.9. The summed E-state index contributed by atoms with van der Waals surface area (Å²) in [5.74, 6) is 0. The van der Waals surface area contributed by atoms with E-state index in [2.05, 4.69) is 15.1 Å². The van der Waals surface area contributed by atoms with E-state index in [0.717, 1.165) is 58.4 Å². The molecule has 1 heterocycles. The molecule has 126 valence electrons. The number of hydrogen-bond donors (Lipinski definition) is 6. The summed E-state index contributed by atoms with van der Waals surface area (Å²) in [6.07, 6.45) is 2.39. The van der Waals surface area contributed by atoms with Crippen LogP contribution in [0.15, 0.2) is 0 Å². The second-order valence-electron chi connectivity index (χ2n) is 5.71. The van der Waals surface area contributed by atoms with Crippen molar-refractivity contribution >= 4 is 0 Å². The molecule has 1 fully saturated rings. The van der Waals surface area contributed by atoms with Crippen LogP contribution in [0.5, 0.6) is 0 Å². The molecule has 0 aliphatic carbocycles. The predicted molar refractivity (Wildman–Crippen MR) is 84.8 cm³/mol.